The number of benzene rings is 1. The van der Waals surface area contributed by atoms with Crippen LogP contribution in [0.1, 0.15) is 12.5 Å². The molecule has 90 valence electrons. The number of nitrogen functional groups attached to an aromatic ring is 1. The zero-order chi connectivity index (χ0) is 12.3. The van der Waals surface area contributed by atoms with Crippen LogP contribution in [0.15, 0.2) is 36.5 Å². The van der Waals surface area contributed by atoms with Gasteiger partial charge in [0.2, 0.25) is 0 Å². The lowest BCUT2D eigenvalue weighted by Crippen LogP contribution is -2.18. The lowest BCUT2D eigenvalue weighted by atomic mass is 10.2. The first-order chi connectivity index (χ1) is 8.16. The summed E-state index contributed by atoms with van der Waals surface area (Å²) in [6.45, 7) is 2.26. The monoisotopic (exact) mass is 232 g/mol. The van der Waals surface area contributed by atoms with E-state index in [0.717, 1.165) is 5.56 Å². The lowest BCUT2D eigenvalue weighted by Gasteiger charge is -2.12. The highest BCUT2D eigenvalue weighted by atomic mass is 16.3. The normalized spacial score (nSPS) is 12.4. The lowest BCUT2D eigenvalue weighted by molar-refractivity contribution is 0.223. The molecule has 0 bridgehead atoms. The van der Waals surface area contributed by atoms with Gasteiger partial charge in [0.1, 0.15) is 12.0 Å². The van der Waals surface area contributed by atoms with E-state index in [1.807, 2.05) is 30.3 Å². The standard InChI is InChI=1S/C12H16N4O/c1-9(17)15-12-11(13)7-14-16(12)8-10-5-3-2-4-6-10/h2-7,9,15,17H,8,13H2,1H3. The van der Waals surface area contributed by atoms with E-state index in [9.17, 15) is 5.11 Å². The van der Waals surface area contributed by atoms with Crippen molar-refractivity contribution in [2.24, 2.45) is 0 Å². The van der Waals surface area contributed by atoms with Gasteiger partial charge in [0, 0.05) is 0 Å². The third-order valence-electron chi connectivity index (χ3n) is 2.39. The van der Waals surface area contributed by atoms with E-state index in [1.165, 1.54) is 0 Å². The minimum absolute atomic E-state index is 0.529. The molecule has 2 rings (SSSR count). The topological polar surface area (TPSA) is 76.1 Å². The van der Waals surface area contributed by atoms with Gasteiger partial charge in [0.05, 0.1) is 18.4 Å². The second kappa shape index (κ2) is 4.88. The van der Waals surface area contributed by atoms with Gasteiger partial charge in [-0.3, -0.25) is 0 Å². The second-order valence-corrected chi connectivity index (χ2v) is 3.91. The predicted molar refractivity (Wildman–Crippen MR) is 67.5 cm³/mol. The largest absolute Gasteiger partial charge is 0.394 e. The number of hydrogen-bond acceptors (Lipinski definition) is 4. The molecule has 0 spiro atoms. The molecule has 2 aromatic rings. The number of anilines is 2. The summed E-state index contributed by atoms with van der Waals surface area (Å²) in [5.41, 5.74) is 7.44. The van der Waals surface area contributed by atoms with Crippen LogP contribution < -0.4 is 11.1 Å². The van der Waals surface area contributed by atoms with Crippen molar-refractivity contribution in [3.05, 3.63) is 42.1 Å². The Kier molecular flexibility index (Phi) is 3.30. The van der Waals surface area contributed by atoms with Crippen LogP contribution in [-0.4, -0.2) is 21.1 Å². The van der Waals surface area contributed by atoms with E-state index in [0.29, 0.717) is 18.1 Å². The highest BCUT2D eigenvalue weighted by Gasteiger charge is 2.09. The molecule has 1 atom stereocenters. The van der Waals surface area contributed by atoms with Gasteiger partial charge in [-0.1, -0.05) is 30.3 Å². The Morgan fingerprint density at radius 2 is 2.12 bits per heavy atom. The first-order valence-electron chi connectivity index (χ1n) is 5.46. The zero-order valence-corrected chi connectivity index (χ0v) is 9.67. The van der Waals surface area contributed by atoms with Gasteiger partial charge in [-0.2, -0.15) is 5.10 Å². The van der Waals surface area contributed by atoms with Gasteiger partial charge >= 0.3 is 0 Å². The van der Waals surface area contributed by atoms with E-state index in [2.05, 4.69) is 10.4 Å². The van der Waals surface area contributed by atoms with Crippen LogP contribution in [0.2, 0.25) is 0 Å². The number of aromatic nitrogens is 2. The third-order valence-corrected chi connectivity index (χ3v) is 2.39. The van der Waals surface area contributed by atoms with Crippen LogP contribution in [0.4, 0.5) is 11.5 Å². The van der Waals surface area contributed by atoms with Gasteiger partial charge in [0.15, 0.2) is 0 Å². The maximum absolute atomic E-state index is 9.33. The van der Waals surface area contributed by atoms with Crippen molar-refractivity contribution in [2.45, 2.75) is 19.7 Å². The number of nitrogens with two attached hydrogens (primary N) is 1. The molecule has 1 heterocycles. The van der Waals surface area contributed by atoms with E-state index in [1.54, 1.807) is 17.8 Å². The summed E-state index contributed by atoms with van der Waals surface area (Å²) in [5.74, 6) is 0.642. The fourth-order valence-electron chi connectivity index (χ4n) is 1.63. The molecule has 1 aromatic carbocycles. The van der Waals surface area contributed by atoms with Gasteiger partial charge in [-0.05, 0) is 12.5 Å². The van der Waals surface area contributed by atoms with Crippen LogP contribution in [0.25, 0.3) is 0 Å². The summed E-state index contributed by atoms with van der Waals surface area (Å²) in [4.78, 5) is 0. The van der Waals surface area contributed by atoms with Crippen molar-refractivity contribution in [1.29, 1.82) is 0 Å². The third kappa shape index (κ3) is 2.76. The molecule has 5 heteroatoms. The van der Waals surface area contributed by atoms with Crippen molar-refractivity contribution in [3.63, 3.8) is 0 Å². The van der Waals surface area contributed by atoms with E-state index >= 15 is 0 Å². The molecule has 0 saturated carbocycles. The first kappa shape index (κ1) is 11.5. The fraction of sp³-hybridized carbons (Fsp3) is 0.250. The van der Waals surface area contributed by atoms with E-state index in [4.69, 9.17) is 5.73 Å². The van der Waals surface area contributed by atoms with Crippen LogP contribution in [0, 0.1) is 0 Å². The highest BCUT2D eigenvalue weighted by Crippen LogP contribution is 2.19. The molecule has 0 aliphatic rings. The molecular formula is C12H16N4O. The summed E-state index contributed by atoms with van der Waals surface area (Å²) in [6.07, 6.45) is 0.914. The zero-order valence-electron chi connectivity index (χ0n) is 9.67. The number of aliphatic hydroxyl groups excluding tert-OH is 1. The maximum Gasteiger partial charge on any atom is 0.150 e. The summed E-state index contributed by atoms with van der Waals surface area (Å²) < 4.78 is 1.73. The molecular weight excluding hydrogens is 216 g/mol. The quantitative estimate of drug-likeness (QED) is 0.694. The first-order valence-corrected chi connectivity index (χ1v) is 5.46. The van der Waals surface area contributed by atoms with Crippen molar-refractivity contribution in [1.82, 2.24) is 9.78 Å². The average molecular weight is 232 g/mol. The number of nitrogens with zero attached hydrogens (tertiary/aromatic N) is 2. The van der Waals surface area contributed by atoms with Crippen LogP contribution in [-0.2, 0) is 6.54 Å². The van der Waals surface area contributed by atoms with Gasteiger partial charge < -0.3 is 16.2 Å². The maximum atomic E-state index is 9.33. The Bertz CT molecular complexity index is 479. The molecule has 0 aliphatic heterocycles. The Morgan fingerprint density at radius 1 is 1.41 bits per heavy atom. The molecule has 0 aliphatic carbocycles. The number of rotatable bonds is 4. The van der Waals surface area contributed by atoms with Crippen LogP contribution in [0.3, 0.4) is 0 Å². The number of aliphatic hydroxyl groups is 1. The highest BCUT2D eigenvalue weighted by molar-refractivity contribution is 5.60. The van der Waals surface area contributed by atoms with E-state index < -0.39 is 6.23 Å². The minimum Gasteiger partial charge on any atom is -0.394 e. The molecule has 0 radical (unpaired) electrons. The smallest absolute Gasteiger partial charge is 0.150 e. The van der Waals surface area contributed by atoms with Crippen molar-refractivity contribution in [3.8, 4) is 0 Å². The van der Waals surface area contributed by atoms with Gasteiger partial charge in [-0.15, -0.1) is 0 Å². The minimum atomic E-state index is -0.663. The Balaban J connectivity index is 2.21. The average Bonchev–Trinajstić information content (AvgIpc) is 2.62. The Hall–Kier alpha value is -2.01. The second-order valence-electron chi connectivity index (χ2n) is 3.91. The summed E-state index contributed by atoms with van der Waals surface area (Å²) in [7, 11) is 0. The van der Waals surface area contributed by atoms with Crippen LogP contribution in [0.5, 0.6) is 0 Å². The molecule has 0 fully saturated rings. The molecule has 0 saturated heterocycles. The Labute approximate surface area is 99.9 Å². The summed E-state index contributed by atoms with van der Waals surface area (Å²) in [6, 6.07) is 9.96. The molecule has 4 N–H and O–H groups in total. The molecule has 1 aromatic heterocycles. The van der Waals surface area contributed by atoms with Crippen LogP contribution >= 0.6 is 0 Å². The van der Waals surface area contributed by atoms with Crippen molar-refractivity contribution < 1.29 is 5.11 Å². The van der Waals surface area contributed by atoms with Crippen molar-refractivity contribution in [2.75, 3.05) is 11.1 Å². The Morgan fingerprint density at radius 3 is 2.76 bits per heavy atom. The number of hydrogen-bond donors (Lipinski definition) is 3. The number of nitrogens with one attached hydrogen (secondary N) is 1. The SMILES string of the molecule is CC(O)Nc1c(N)cnn1Cc1ccccc1. The van der Waals surface area contributed by atoms with Gasteiger partial charge in [0.25, 0.3) is 0 Å². The predicted octanol–water partition coefficient (Wildman–Crippen LogP) is 1.26. The molecule has 0 amide bonds. The van der Waals surface area contributed by atoms with Crippen molar-refractivity contribution >= 4 is 11.5 Å². The van der Waals surface area contributed by atoms with E-state index in [-0.39, 0.29) is 0 Å². The molecule has 5 nitrogen and oxygen atoms in total. The molecule has 1 unspecified atom stereocenters. The van der Waals surface area contributed by atoms with Gasteiger partial charge in [-0.25, -0.2) is 4.68 Å². The molecule has 17 heavy (non-hydrogen) atoms. The summed E-state index contributed by atoms with van der Waals surface area (Å²) in [5, 5.41) is 16.4. The fourth-order valence-corrected chi connectivity index (χ4v) is 1.63. The summed E-state index contributed by atoms with van der Waals surface area (Å²) >= 11 is 0.